The van der Waals surface area contributed by atoms with Gasteiger partial charge in [0, 0.05) is 32.2 Å². The van der Waals surface area contributed by atoms with E-state index < -0.39 is 0 Å². The van der Waals surface area contributed by atoms with Crippen LogP contribution in [0.2, 0.25) is 0 Å². The Labute approximate surface area is 141 Å². The fourth-order valence-corrected chi connectivity index (χ4v) is 2.97. The molecule has 1 aliphatic heterocycles. The van der Waals surface area contributed by atoms with Crippen molar-refractivity contribution >= 4 is 17.5 Å². The molecule has 0 radical (unpaired) electrons. The number of anilines is 3. The summed E-state index contributed by atoms with van der Waals surface area (Å²) in [4.78, 5) is 9.14. The van der Waals surface area contributed by atoms with Gasteiger partial charge in [-0.2, -0.15) is 10.1 Å². The Morgan fingerprint density at radius 1 is 1.08 bits per heavy atom. The van der Waals surface area contributed by atoms with Crippen LogP contribution >= 0.6 is 0 Å². The molecule has 2 aromatic rings. The molecule has 0 atom stereocenters. The predicted octanol–water partition coefficient (Wildman–Crippen LogP) is 1.78. The van der Waals surface area contributed by atoms with Crippen LogP contribution in [-0.4, -0.2) is 54.5 Å². The van der Waals surface area contributed by atoms with Gasteiger partial charge in [0.05, 0.1) is 19.0 Å². The van der Waals surface area contributed by atoms with E-state index in [2.05, 4.69) is 36.4 Å². The number of benzene rings is 1. The maximum absolute atomic E-state index is 5.47. The molecule has 2 heterocycles. The quantitative estimate of drug-likeness (QED) is 0.898. The standard InChI is InChI=1S/C17H22N6O/c1-24-15-5-3-2-4-14(15)22-8-10-23(11-9-22)17-20-16(12-18-21-17)19-13-6-7-13/h2-5,12-13H,6-11H2,1H3,(H,19,20,21). The minimum Gasteiger partial charge on any atom is -0.495 e. The van der Waals surface area contributed by atoms with E-state index in [0.717, 1.165) is 43.4 Å². The fourth-order valence-electron chi connectivity index (χ4n) is 2.97. The predicted molar refractivity (Wildman–Crippen MR) is 93.9 cm³/mol. The fraction of sp³-hybridized carbons (Fsp3) is 0.471. The number of rotatable bonds is 5. The van der Waals surface area contributed by atoms with E-state index in [1.807, 2.05) is 18.2 Å². The number of hydrogen-bond acceptors (Lipinski definition) is 7. The highest BCUT2D eigenvalue weighted by Crippen LogP contribution is 2.29. The van der Waals surface area contributed by atoms with Gasteiger partial charge in [0.15, 0.2) is 5.82 Å². The van der Waals surface area contributed by atoms with Crippen molar-refractivity contribution in [3.8, 4) is 5.75 Å². The molecule has 2 fully saturated rings. The zero-order valence-corrected chi connectivity index (χ0v) is 13.9. The first-order valence-electron chi connectivity index (χ1n) is 8.42. The summed E-state index contributed by atoms with van der Waals surface area (Å²) in [5.41, 5.74) is 1.14. The lowest BCUT2D eigenvalue weighted by Gasteiger charge is -2.36. The third-order valence-electron chi connectivity index (χ3n) is 4.47. The second kappa shape index (κ2) is 6.51. The van der Waals surface area contributed by atoms with E-state index in [-0.39, 0.29) is 0 Å². The van der Waals surface area contributed by atoms with E-state index >= 15 is 0 Å². The highest BCUT2D eigenvalue weighted by Gasteiger charge is 2.24. The smallest absolute Gasteiger partial charge is 0.247 e. The summed E-state index contributed by atoms with van der Waals surface area (Å²) in [6.45, 7) is 3.55. The number of ether oxygens (including phenoxy) is 1. The second-order valence-corrected chi connectivity index (χ2v) is 6.21. The van der Waals surface area contributed by atoms with Crippen LogP contribution in [0.25, 0.3) is 0 Å². The molecule has 126 valence electrons. The number of nitrogens with one attached hydrogen (secondary N) is 1. The van der Waals surface area contributed by atoms with Gasteiger partial charge in [0.25, 0.3) is 0 Å². The molecule has 1 saturated heterocycles. The highest BCUT2D eigenvalue weighted by atomic mass is 16.5. The average Bonchev–Trinajstić information content (AvgIpc) is 3.46. The van der Waals surface area contributed by atoms with Crippen molar-refractivity contribution in [2.45, 2.75) is 18.9 Å². The van der Waals surface area contributed by atoms with Gasteiger partial charge in [-0.1, -0.05) is 12.1 Å². The molecular weight excluding hydrogens is 304 g/mol. The molecule has 1 saturated carbocycles. The van der Waals surface area contributed by atoms with Crippen LogP contribution in [-0.2, 0) is 0 Å². The van der Waals surface area contributed by atoms with Crippen LogP contribution in [0, 0.1) is 0 Å². The van der Waals surface area contributed by atoms with Crippen molar-refractivity contribution in [2.75, 3.05) is 48.4 Å². The van der Waals surface area contributed by atoms with Crippen LogP contribution in [0.1, 0.15) is 12.8 Å². The van der Waals surface area contributed by atoms with Crippen LogP contribution in [0.5, 0.6) is 5.75 Å². The molecular formula is C17H22N6O. The lowest BCUT2D eigenvalue weighted by Crippen LogP contribution is -2.47. The molecule has 1 aromatic heterocycles. The Kier molecular flexibility index (Phi) is 4.06. The maximum Gasteiger partial charge on any atom is 0.247 e. The summed E-state index contributed by atoms with van der Waals surface area (Å²) >= 11 is 0. The Balaban J connectivity index is 1.42. The number of nitrogens with zero attached hydrogens (tertiary/aromatic N) is 5. The van der Waals surface area contributed by atoms with Gasteiger partial charge in [-0.25, -0.2) is 0 Å². The first kappa shape index (κ1) is 15.0. The summed E-state index contributed by atoms with van der Waals surface area (Å²) in [5.74, 6) is 2.45. The van der Waals surface area contributed by atoms with Gasteiger partial charge < -0.3 is 19.9 Å². The Morgan fingerprint density at radius 3 is 2.58 bits per heavy atom. The molecule has 0 spiro atoms. The van der Waals surface area contributed by atoms with E-state index in [9.17, 15) is 0 Å². The van der Waals surface area contributed by atoms with Crippen molar-refractivity contribution in [1.29, 1.82) is 0 Å². The highest BCUT2D eigenvalue weighted by molar-refractivity contribution is 5.59. The Morgan fingerprint density at radius 2 is 1.83 bits per heavy atom. The van der Waals surface area contributed by atoms with E-state index in [1.165, 1.54) is 12.8 Å². The second-order valence-electron chi connectivity index (χ2n) is 6.21. The maximum atomic E-state index is 5.47. The van der Waals surface area contributed by atoms with Gasteiger partial charge >= 0.3 is 0 Å². The van der Waals surface area contributed by atoms with Crippen molar-refractivity contribution in [2.24, 2.45) is 0 Å². The first-order valence-corrected chi connectivity index (χ1v) is 8.42. The van der Waals surface area contributed by atoms with Crippen molar-refractivity contribution in [3.63, 3.8) is 0 Å². The zero-order valence-electron chi connectivity index (χ0n) is 13.9. The molecule has 0 bridgehead atoms. The van der Waals surface area contributed by atoms with Gasteiger partial charge in [-0.3, -0.25) is 0 Å². The van der Waals surface area contributed by atoms with Crippen LogP contribution in [0.4, 0.5) is 17.5 Å². The Bertz CT molecular complexity index is 697. The summed E-state index contributed by atoms with van der Waals surface area (Å²) in [7, 11) is 1.72. The van der Waals surface area contributed by atoms with E-state index in [1.54, 1.807) is 13.3 Å². The van der Waals surface area contributed by atoms with Crippen molar-refractivity contribution in [3.05, 3.63) is 30.5 Å². The summed E-state index contributed by atoms with van der Waals surface area (Å²) in [5, 5.41) is 11.7. The first-order chi connectivity index (χ1) is 11.8. The molecule has 1 aliphatic carbocycles. The van der Waals surface area contributed by atoms with E-state index in [0.29, 0.717) is 12.0 Å². The number of hydrogen-bond donors (Lipinski definition) is 1. The number of para-hydroxylation sites is 2. The van der Waals surface area contributed by atoms with Gasteiger partial charge in [-0.15, -0.1) is 5.10 Å². The van der Waals surface area contributed by atoms with Crippen molar-refractivity contribution < 1.29 is 4.74 Å². The molecule has 0 unspecified atom stereocenters. The van der Waals surface area contributed by atoms with Gasteiger partial charge in [0.1, 0.15) is 5.75 Å². The molecule has 2 aliphatic rings. The molecule has 0 amide bonds. The van der Waals surface area contributed by atoms with Crippen molar-refractivity contribution in [1.82, 2.24) is 15.2 Å². The molecule has 7 heteroatoms. The Hall–Kier alpha value is -2.57. The average molecular weight is 326 g/mol. The van der Waals surface area contributed by atoms with E-state index in [4.69, 9.17) is 4.74 Å². The zero-order chi connectivity index (χ0) is 16.4. The summed E-state index contributed by atoms with van der Waals surface area (Å²) in [6, 6.07) is 8.71. The van der Waals surface area contributed by atoms with Crippen LogP contribution in [0.15, 0.2) is 30.5 Å². The lowest BCUT2D eigenvalue weighted by atomic mass is 10.2. The molecule has 1 N–H and O–H groups in total. The largest absolute Gasteiger partial charge is 0.495 e. The number of methoxy groups -OCH3 is 1. The van der Waals surface area contributed by atoms with Crippen LogP contribution in [0.3, 0.4) is 0 Å². The van der Waals surface area contributed by atoms with Gasteiger partial charge in [0.2, 0.25) is 5.95 Å². The SMILES string of the molecule is COc1ccccc1N1CCN(c2nncc(NC3CC3)n2)CC1. The number of piperazine rings is 1. The minimum atomic E-state index is 0.567. The number of aromatic nitrogens is 3. The topological polar surface area (TPSA) is 66.4 Å². The van der Waals surface area contributed by atoms with Crippen LogP contribution < -0.4 is 19.9 Å². The molecule has 1 aromatic carbocycles. The molecule has 4 rings (SSSR count). The summed E-state index contributed by atoms with van der Waals surface area (Å²) < 4.78 is 5.47. The third kappa shape index (κ3) is 3.20. The molecule has 7 nitrogen and oxygen atoms in total. The third-order valence-corrected chi connectivity index (χ3v) is 4.47. The normalized spacial score (nSPS) is 17.7. The molecule has 24 heavy (non-hydrogen) atoms. The lowest BCUT2D eigenvalue weighted by molar-refractivity contribution is 0.413. The van der Waals surface area contributed by atoms with Gasteiger partial charge in [-0.05, 0) is 25.0 Å². The summed E-state index contributed by atoms with van der Waals surface area (Å²) in [6.07, 6.45) is 4.14. The minimum absolute atomic E-state index is 0.567. The monoisotopic (exact) mass is 326 g/mol.